The summed E-state index contributed by atoms with van der Waals surface area (Å²) in [5.74, 6) is 0.303. The van der Waals surface area contributed by atoms with Crippen molar-refractivity contribution in [1.29, 1.82) is 0 Å². The maximum Gasteiger partial charge on any atom is 0.525 e. The number of ether oxygens (including phenoxy) is 4. The lowest BCUT2D eigenvalue weighted by Crippen LogP contribution is -2.39. The molecule has 0 aliphatic carbocycles. The molecule has 0 saturated heterocycles. The van der Waals surface area contributed by atoms with Crippen molar-refractivity contribution in [3.05, 3.63) is 51.4 Å². The summed E-state index contributed by atoms with van der Waals surface area (Å²) in [5.41, 5.74) is -0.441. The smallest absolute Gasteiger partial charge is 0.491 e. The zero-order chi connectivity index (χ0) is 25.7. The molecule has 0 saturated carbocycles. The van der Waals surface area contributed by atoms with E-state index in [-0.39, 0.29) is 23.1 Å². The van der Waals surface area contributed by atoms with Crippen molar-refractivity contribution in [2.24, 2.45) is 0 Å². The third-order valence-corrected chi connectivity index (χ3v) is 4.34. The van der Waals surface area contributed by atoms with Gasteiger partial charge in [-0.05, 0) is 38.5 Å². The maximum atomic E-state index is 13.2. The molecule has 1 aromatic carbocycles. The van der Waals surface area contributed by atoms with E-state index in [2.05, 4.69) is 14.6 Å². The molecule has 0 N–H and O–H groups in total. The summed E-state index contributed by atoms with van der Waals surface area (Å²) in [6, 6.07) is 6.05. The molecule has 0 aliphatic rings. The van der Waals surface area contributed by atoms with E-state index in [4.69, 9.17) is 21.1 Å². The van der Waals surface area contributed by atoms with Gasteiger partial charge in [0.2, 0.25) is 0 Å². The Balaban J connectivity index is 1.84. The van der Waals surface area contributed by atoms with Crippen LogP contribution in [0.1, 0.15) is 26.3 Å². The third-order valence-electron chi connectivity index (χ3n) is 3.99. The first-order valence-electron chi connectivity index (χ1n) is 9.63. The lowest BCUT2D eigenvalue weighted by molar-refractivity contribution is -0.423. The topological polar surface area (TPSA) is 71.8 Å². The second kappa shape index (κ2) is 10.8. The second-order valence-electron chi connectivity index (χ2n) is 7.78. The molecule has 1 heterocycles. The Hall–Kier alpha value is -2.51. The molecular formula is C20H21ClF6N2O5. The van der Waals surface area contributed by atoms with Crippen molar-refractivity contribution in [2.45, 2.75) is 51.7 Å². The van der Waals surface area contributed by atoms with E-state index in [1.54, 1.807) is 32.9 Å². The number of halogens is 7. The number of rotatable bonds is 10. The van der Waals surface area contributed by atoms with Crippen LogP contribution in [0.2, 0.25) is 5.02 Å². The van der Waals surface area contributed by atoms with Crippen LogP contribution in [-0.2, 0) is 21.6 Å². The van der Waals surface area contributed by atoms with Crippen molar-refractivity contribution in [2.75, 3.05) is 13.2 Å². The lowest BCUT2D eigenvalue weighted by atomic mass is 10.1. The number of alkyl halides is 6. The molecule has 0 radical (unpaired) electrons. The highest BCUT2D eigenvalue weighted by molar-refractivity contribution is 6.31. The third kappa shape index (κ3) is 8.06. The first-order chi connectivity index (χ1) is 15.6. The monoisotopic (exact) mass is 518 g/mol. The van der Waals surface area contributed by atoms with E-state index < -0.39 is 43.1 Å². The van der Waals surface area contributed by atoms with Crippen LogP contribution in [0.15, 0.2) is 35.3 Å². The van der Waals surface area contributed by atoms with Crippen LogP contribution in [0.3, 0.4) is 0 Å². The minimum Gasteiger partial charge on any atom is -0.491 e. The summed E-state index contributed by atoms with van der Waals surface area (Å²) in [6.45, 7) is 3.98. The van der Waals surface area contributed by atoms with Crippen molar-refractivity contribution in [1.82, 2.24) is 9.78 Å². The van der Waals surface area contributed by atoms with Gasteiger partial charge in [0.25, 0.3) is 11.9 Å². The number of benzene rings is 1. The Labute approximate surface area is 195 Å². The molecule has 1 atom stereocenters. The average molecular weight is 519 g/mol. The number of hydrogen-bond acceptors (Lipinski definition) is 6. The van der Waals surface area contributed by atoms with Gasteiger partial charge < -0.3 is 14.2 Å². The Kier molecular flexibility index (Phi) is 8.83. The van der Waals surface area contributed by atoms with Gasteiger partial charge >= 0.3 is 12.5 Å². The lowest BCUT2D eigenvalue weighted by Gasteiger charge is -2.21. The fourth-order valence-corrected chi connectivity index (χ4v) is 2.61. The number of hydrogen-bond donors (Lipinski definition) is 0. The Morgan fingerprint density at radius 1 is 1.03 bits per heavy atom. The molecule has 0 spiro atoms. The highest BCUT2D eigenvalue weighted by Crippen LogP contribution is 2.30. The van der Waals surface area contributed by atoms with Gasteiger partial charge in [-0.15, -0.1) is 13.2 Å². The molecule has 0 aliphatic heterocycles. The van der Waals surface area contributed by atoms with E-state index in [1.165, 1.54) is 23.0 Å². The molecule has 0 bridgehead atoms. The Morgan fingerprint density at radius 2 is 1.65 bits per heavy atom. The van der Waals surface area contributed by atoms with Gasteiger partial charge in [-0.3, -0.25) is 4.79 Å². The van der Waals surface area contributed by atoms with Crippen molar-refractivity contribution in [3.8, 4) is 11.5 Å². The SMILES string of the molecule is CC(C)(C)n1ncc(OCc2ccc(OCCOC(F)(F)C(F)OC(F)(F)F)cc2)c(Cl)c1=O. The van der Waals surface area contributed by atoms with Crippen molar-refractivity contribution < 1.29 is 45.3 Å². The van der Waals surface area contributed by atoms with E-state index >= 15 is 0 Å². The Morgan fingerprint density at radius 3 is 2.21 bits per heavy atom. The zero-order valence-corrected chi connectivity index (χ0v) is 18.9. The Bertz CT molecular complexity index is 1010. The normalized spacial score (nSPS) is 13.6. The molecule has 1 aromatic heterocycles. The molecule has 0 fully saturated rings. The van der Waals surface area contributed by atoms with Crippen LogP contribution in [-0.4, -0.2) is 41.8 Å². The van der Waals surface area contributed by atoms with Crippen molar-refractivity contribution >= 4 is 11.6 Å². The van der Waals surface area contributed by atoms with Crippen molar-refractivity contribution in [3.63, 3.8) is 0 Å². The molecule has 0 amide bonds. The summed E-state index contributed by atoms with van der Waals surface area (Å²) in [4.78, 5) is 12.3. The molecule has 190 valence electrons. The van der Waals surface area contributed by atoms with E-state index in [0.717, 1.165) is 0 Å². The first kappa shape index (κ1) is 27.7. The molecule has 2 aromatic rings. The van der Waals surface area contributed by atoms with Crippen LogP contribution in [0.4, 0.5) is 26.3 Å². The van der Waals surface area contributed by atoms with Gasteiger partial charge in [0.1, 0.15) is 19.0 Å². The van der Waals surface area contributed by atoms with Gasteiger partial charge in [-0.25, -0.2) is 13.8 Å². The number of nitrogens with zero attached hydrogens (tertiary/aromatic N) is 2. The minimum atomic E-state index is -5.58. The second-order valence-corrected chi connectivity index (χ2v) is 8.16. The summed E-state index contributed by atoms with van der Waals surface area (Å²) < 4.78 is 92.9. The highest BCUT2D eigenvalue weighted by Gasteiger charge is 2.49. The summed E-state index contributed by atoms with van der Waals surface area (Å²) in [7, 11) is 0. The van der Waals surface area contributed by atoms with Crippen LogP contribution < -0.4 is 15.0 Å². The molecular weight excluding hydrogens is 498 g/mol. The quantitative estimate of drug-likeness (QED) is 0.324. The molecule has 14 heteroatoms. The zero-order valence-electron chi connectivity index (χ0n) is 18.2. The fraction of sp³-hybridized carbons (Fsp3) is 0.500. The minimum absolute atomic E-state index is 0.0209. The summed E-state index contributed by atoms with van der Waals surface area (Å²) in [5, 5.41) is 3.92. The van der Waals surface area contributed by atoms with Gasteiger partial charge in [0.05, 0.1) is 18.3 Å². The largest absolute Gasteiger partial charge is 0.525 e. The van der Waals surface area contributed by atoms with Crippen LogP contribution in [0.5, 0.6) is 11.5 Å². The first-order valence-corrected chi connectivity index (χ1v) is 10.0. The van der Waals surface area contributed by atoms with E-state index in [0.29, 0.717) is 5.56 Å². The predicted octanol–water partition coefficient (Wildman–Crippen LogP) is 5.05. The average Bonchev–Trinajstić information content (AvgIpc) is 2.71. The molecule has 2 rings (SSSR count). The van der Waals surface area contributed by atoms with Gasteiger partial charge in [0, 0.05) is 0 Å². The highest BCUT2D eigenvalue weighted by atomic mass is 35.5. The molecule has 1 unspecified atom stereocenters. The predicted molar refractivity (Wildman–Crippen MR) is 108 cm³/mol. The molecule has 34 heavy (non-hydrogen) atoms. The summed E-state index contributed by atoms with van der Waals surface area (Å²) >= 11 is 6.08. The van der Waals surface area contributed by atoms with Gasteiger partial charge in [-0.1, -0.05) is 23.7 Å². The summed E-state index contributed by atoms with van der Waals surface area (Å²) in [6.07, 6.45) is -13.1. The van der Waals surface area contributed by atoms with Gasteiger partial charge in [0.15, 0.2) is 10.8 Å². The van der Waals surface area contributed by atoms with Crippen LogP contribution in [0.25, 0.3) is 0 Å². The number of aromatic nitrogens is 2. The fourth-order valence-electron chi connectivity index (χ4n) is 2.43. The van der Waals surface area contributed by atoms with E-state index in [1.807, 2.05) is 0 Å². The molecule has 7 nitrogen and oxygen atoms in total. The standard InChI is InChI=1S/C20H21ClF6N2O5/c1-18(2,3)29-16(30)15(21)14(10-28-29)32-11-12-4-6-13(7-5-12)31-8-9-33-19(23,24)17(22)34-20(25,26)27/h4-7,10,17H,8-9,11H2,1-3H3. The van der Waals surface area contributed by atoms with Crippen LogP contribution >= 0.6 is 11.6 Å². The maximum absolute atomic E-state index is 13.2. The van der Waals surface area contributed by atoms with Crippen LogP contribution in [0, 0.1) is 0 Å². The van der Waals surface area contributed by atoms with Gasteiger partial charge in [-0.2, -0.15) is 13.9 Å². The van der Waals surface area contributed by atoms with E-state index in [9.17, 15) is 31.1 Å².